The number of amides is 1. The molecule has 1 aromatic rings. The molecule has 2 aliphatic heterocycles. The van der Waals surface area contributed by atoms with Gasteiger partial charge >= 0.3 is 6.09 Å². The van der Waals surface area contributed by atoms with Crippen molar-refractivity contribution >= 4 is 27.8 Å². The number of nitrogens with zero attached hydrogens (tertiary/aromatic N) is 1. The quantitative estimate of drug-likeness (QED) is 0.763. The van der Waals surface area contributed by atoms with Crippen LogP contribution in [-0.2, 0) is 4.74 Å². The normalized spacial score (nSPS) is 19.5. The summed E-state index contributed by atoms with van der Waals surface area (Å²) in [6.07, 6.45) is 1.37. The Morgan fingerprint density at radius 2 is 2.14 bits per heavy atom. The number of halogens is 1. The molecule has 1 fully saturated rings. The maximum absolute atomic E-state index is 12.4. The number of carbonyl (C=O) groups excluding carboxylic acids is 2. The van der Waals surface area contributed by atoms with Gasteiger partial charge in [0.2, 0.25) is 0 Å². The Morgan fingerprint density at radius 1 is 1.41 bits per heavy atom. The second kappa shape index (κ2) is 5.91. The summed E-state index contributed by atoms with van der Waals surface area (Å²) in [5, 5.41) is 0. The van der Waals surface area contributed by atoms with E-state index in [-0.39, 0.29) is 11.9 Å². The van der Waals surface area contributed by atoms with Gasteiger partial charge in [-0.3, -0.25) is 4.79 Å². The Kier molecular flexibility index (Phi) is 4.12. The molecule has 0 saturated carbocycles. The number of likely N-dealkylation sites (tertiary alicyclic amines) is 1. The average molecular weight is 368 g/mol. The van der Waals surface area contributed by atoms with Crippen LogP contribution in [0, 0.1) is 0 Å². The minimum atomic E-state index is -0.485. The summed E-state index contributed by atoms with van der Waals surface area (Å²) in [4.78, 5) is 25.9. The molecule has 0 unspecified atom stereocenters. The molecule has 6 heteroatoms. The predicted molar refractivity (Wildman–Crippen MR) is 84.3 cm³/mol. The zero-order chi connectivity index (χ0) is 15.7. The van der Waals surface area contributed by atoms with Crippen molar-refractivity contribution in [3.05, 3.63) is 28.2 Å². The Morgan fingerprint density at radius 3 is 2.82 bits per heavy atom. The molecule has 2 aliphatic rings. The van der Waals surface area contributed by atoms with Crippen LogP contribution < -0.4 is 4.74 Å². The molecule has 22 heavy (non-hydrogen) atoms. The number of fused-ring (bicyclic) bond motifs is 1. The van der Waals surface area contributed by atoms with Gasteiger partial charge in [-0.25, -0.2) is 4.79 Å². The Hall–Kier alpha value is -1.56. The molecule has 0 radical (unpaired) electrons. The summed E-state index contributed by atoms with van der Waals surface area (Å²) in [7, 11) is 0. The van der Waals surface area contributed by atoms with Gasteiger partial charge in [-0.05, 0) is 25.1 Å². The summed E-state index contributed by atoms with van der Waals surface area (Å²) in [5.74, 6) is 0.746. The number of Topliss-reactive ketones (excluding diaryl/α,β-unsaturated/α-hetero) is 1. The third-order valence-corrected chi connectivity index (χ3v) is 4.75. The van der Waals surface area contributed by atoms with E-state index in [0.717, 1.165) is 4.47 Å². The first-order valence-corrected chi connectivity index (χ1v) is 8.26. The predicted octanol–water partition coefficient (Wildman–Crippen LogP) is 3.41. The summed E-state index contributed by atoms with van der Waals surface area (Å²) in [5.41, 5.74) is 0.147. The molecule has 3 rings (SSSR count). The fraction of sp³-hybridized carbons (Fsp3) is 0.500. The van der Waals surface area contributed by atoms with Crippen LogP contribution in [0.5, 0.6) is 5.75 Å². The van der Waals surface area contributed by atoms with Crippen LogP contribution in [0.4, 0.5) is 4.79 Å². The zero-order valence-corrected chi connectivity index (χ0v) is 14.0. The number of ketones is 1. The van der Waals surface area contributed by atoms with E-state index in [1.54, 1.807) is 17.9 Å². The SMILES string of the molecule is CCOC(=O)N1CCC2(CC1)CC(=O)c1cc(Br)ccc1O2. The second-order valence-electron chi connectivity index (χ2n) is 5.71. The Bertz CT molecular complexity index is 608. The minimum Gasteiger partial charge on any atom is -0.486 e. The summed E-state index contributed by atoms with van der Waals surface area (Å²) >= 11 is 3.38. The molecule has 1 saturated heterocycles. The van der Waals surface area contributed by atoms with Gasteiger partial charge in [0.1, 0.15) is 11.4 Å². The lowest BCUT2D eigenvalue weighted by molar-refractivity contribution is -0.00860. The molecule has 1 aromatic carbocycles. The molecule has 0 bridgehead atoms. The first-order chi connectivity index (χ1) is 10.5. The largest absolute Gasteiger partial charge is 0.486 e. The van der Waals surface area contributed by atoms with Crippen molar-refractivity contribution in [1.29, 1.82) is 0 Å². The maximum Gasteiger partial charge on any atom is 0.409 e. The van der Waals surface area contributed by atoms with Crippen LogP contribution in [-0.4, -0.2) is 42.1 Å². The highest BCUT2D eigenvalue weighted by molar-refractivity contribution is 9.10. The molecule has 5 nitrogen and oxygen atoms in total. The summed E-state index contributed by atoms with van der Waals surface area (Å²) in [6.45, 7) is 3.27. The minimum absolute atomic E-state index is 0.104. The van der Waals surface area contributed by atoms with Gasteiger partial charge in [-0.1, -0.05) is 15.9 Å². The lowest BCUT2D eigenvalue weighted by Crippen LogP contribution is -2.52. The van der Waals surface area contributed by atoms with Crippen molar-refractivity contribution in [2.75, 3.05) is 19.7 Å². The molecule has 0 aromatic heterocycles. The van der Waals surface area contributed by atoms with Crippen molar-refractivity contribution < 1.29 is 19.1 Å². The van der Waals surface area contributed by atoms with E-state index in [0.29, 0.717) is 50.3 Å². The number of benzene rings is 1. The first kappa shape index (κ1) is 15.3. The molecular formula is C16H18BrNO4. The van der Waals surface area contributed by atoms with E-state index < -0.39 is 5.60 Å². The van der Waals surface area contributed by atoms with E-state index >= 15 is 0 Å². The van der Waals surface area contributed by atoms with Crippen LogP contribution in [0.3, 0.4) is 0 Å². The van der Waals surface area contributed by atoms with Crippen molar-refractivity contribution in [3.63, 3.8) is 0 Å². The highest BCUT2D eigenvalue weighted by Gasteiger charge is 2.43. The van der Waals surface area contributed by atoms with Gasteiger partial charge in [0.15, 0.2) is 5.78 Å². The maximum atomic E-state index is 12.4. The molecular weight excluding hydrogens is 350 g/mol. The van der Waals surface area contributed by atoms with Gasteiger partial charge in [0.05, 0.1) is 18.6 Å². The van der Waals surface area contributed by atoms with Crippen molar-refractivity contribution in [3.8, 4) is 5.75 Å². The highest BCUT2D eigenvalue weighted by Crippen LogP contribution is 2.40. The average Bonchev–Trinajstić information content (AvgIpc) is 2.49. The number of rotatable bonds is 1. The molecule has 2 heterocycles. The first-order valence-electron chi connectivity index (χ1n) is 7.46. The summed E-state index contributed by atoms with van der Waals surface area (Å²) < 4.78 is 12.0. The van der Waals surface area contributed by atoms with Crippen LogP contribution in [0.1, 0.15) is 36.5 Å². The Labute approximate surface area is 137 Å². The number of hydrogen-bond donors (Lipinski definition) is 0. The van der Waals surface area contributed by atoms with Gasteiger partial charge < -0.3 is 14.4 Å². The smallest absolute Gasteiger partial charge is 0.409 e. The number of hydrogen-bond acceptors (Lipinski definition) is 4. The lowest BCUT2D eigenvalue weighted by Gasteiger charge is -2.43. The number of piperidine rings is 1. The van der Waals surface area contributed by atoms with Crippen LogP contribution in [0.15, 0.2) is 22.7 Å². The topological polar surface area (TPSA) is 55.8 Å². The standard InChI is InChI=1S/C16H18BrNO4/c1-2-21-15(20)18-7-5-16(6-8-18)10-13(19)12-9-11(17)3-4-14(12)22-16/h3-4,9H,2,5-8,10H2,1H3. The van der Waals surface area contributed by atoms with E-state index in [4.69, 9.17) is 9.47 Å². The number of carbonyl (C=O) groups is 2. The zero-order valence-electron chi connectivity index (χ0n) is 12.4. The van der Waals surface area contributed by atoms with Gasteiger partial charge in [-0.15, -0.1) is 0 Å². The monoisotopic (exact) mass is 367 g/mol. The second-order valence-corrected chi connectivity index (χ2v) is 6.63. The van der Waals surface area contributed by atoms with E-state index in [1.165, 1.54) is 0 Å². The van der Waals surface area contributed by atoms with Gasteiger partial charge in [0, 0.05) is 30.4 Å². The fourth-order valence-corrected chi connectivity index (χ4v) is 3.42. The van der Waals surface area contributed by atoms with E-state index in [1.807, 2.05) is 12.1 Å². The van der Waals surface area contributed by atoms with Crippen molar-refractivity contribution in [2.45, 2.75) is 31.8 Å². The summed E-state index contributed by atoms with van der Waals surface area (Å²) in [6, 6.07) is 5.51. The van der Waals surface area contributed by atoms with E-state index in [2.05, 4.69) is 15.9 Å². The third kappa shape index (κ3) is 2.84. The van der Waals surface area contributed by atoms with Crippen LogP contribution in [0.2, 0.25) is 0 Å². The lowest BCUT2D eigenvalue weighted by atomic mass is 9.82. The van der Waals surface area contributed by atoms with Crippen molar-refractivity contribution in [1.82, 2.24) is 4.90 Å². The molecule has 0 atom stereocenters. The van der Waals surface area contributed by atoms with Gasteiger partial charge in [-0.2, -0.15) is 0 Å². The highest BCUT2D eigenvalue weighted by atomic mass is 79.9. The van der Waals surface area contributed by atoms with Crippen LogP contribution >= 0.6 is 15.9 Å². The van der Waals surface area contributed by atoms with Crippen LogP contribution in [0.25, 0.3) is 0 Å². The molecule has 0 aliphatic carbocycles. The fourth-order valence-electron chi connectivity index (χ4n) is 3.06. The van der Waals surface area contributed by atoms with Crippen molar-refractivity contribution in [2.24, 2.45) is 0 Å². The molecule has 1 amide bonds. The molecule has 1 spiro atoms. The third-order valence-electron chi connectivity index (χ3n) is 4.25. The number of ether oxygens (including phenoxy) is 2. The van der Waals surface area contributed by atoms with E-state index in [9.17, 15) is 9.59 Å². The van der Waals surface area contributed by atoms with Gasteiger partial charge in [0.25, 0.3) is 0 Å². The molecule has 0 N–H and O–H groups in total. The Balaban J connectivity index is 1.73. The molecule has 118 valence electrons.